The van der Waals surface area contributed by atoms with Crippen molar-refractivity contribution in [3.05, 3.63) is 27.4 Å². The van der Waals surface area contributed by atoms with E-state index >= 15 is 0 Å². The molecular weight excluding hydrogens is 282 g/mol. The first-order valence-electron chi connectivity index (χ1n) is 5.98. The molecule has 0 saturated heterocycles. The minimum absolute atomic E-state index is 0.234. The summed E-state index contributed by atoms with van der Waals surface area (Å²) in [6, 6.07) is 0. The van der Waals surface area contributed by atoms with Gasteiger partial charge in [-0.3, -0.25) is 14.4 Å². The molecule has 1 heterocycles. The third kappa shape index (κ3) is 4.71. The second-order valence-corrected chi connectivity index (χ2v) is 4.44. The standard InChI is InChI=1S/C12H15N3O6/c1-6-8(7(2)14-12(21)13-6)3-9(16)15(4-10(17)18)5-11(19)20/h3-5H2,1-2H3,(H,17,18)(H,19,20)(H,13,14,21). The van der Waals surface area contributed by atoms with E-state index in [-0.39, 0.29) is 6.42 Å². The Morgan fingerprint density at radius 3 is 2.10 bits per heavy atom. The van der Waals surface area contributed by atoms with Crippen molar-refractivity contribution in [3.63, 3.8) is 0 Å². The third-order valence-corrected chi connectivity index (χ3v) is 2.79. The number of aliphatic carboxylic acids is 2. The molecule has 0 aliphatic rings. The molecule has 1 amide bonds. The number of aromatic amines is 1. The summed E-state index contributed by atoms with van der Waals surface area (Å²) in [6.45, 7) is 1.71. The van der Waals surface area contributed by atoms with E-state index in [1.807, 2.05) is 0 Å². The number of hydrogen-bond acceptors (Lipinski definition) is 5. The Morgan fingerprint density at radius 1 is 1.14 bits per heavy atom. The van der Waals surface area contributed by atoms with E-state index in [2.05, 4.69) is 9.97 Å². The minimum atomic E-state index is -1.31. The van der Waals surface area contributed by atoms with Crippen molar-refractivity contribution >= 4 is 17.8 Å². The first kappa shape index (κ1) is 16.3. The van der Waals surface area contributed by atoms with Crippen LogP contribution in [0.1, 0.15) is 17.0 Å². The molecule has 0 unspecified atom stereocenters. The Balaban J connectivity index is 2.98. The van der Waals surface area contributed by atoms with Gasteiger partial charge in [0.2, 0.25) is 5.91 Å². The van der Waals surface area contributed by atoms with Crippen molar-refractivity contribution in [1.29, 1.82) is 0 Å². The Hall–Kier alpha value is -2.71. The SMILES string of the molecule is Cc1nc(=O)[nH]c(C)c1CC(=O)N(CC(=O)O)CC(=O)O. The van der Waals surface area contributed by atoms with E-state index in [0.717, 1.165) is 0 Å². The predicted octanol–water partition coefficient (Wildman–Crippen LogP) is -1.07. The maximum atomic E-state index is 12.1. The number of carbonyl (C=O) groups excluding carboxylic acids is 1. The second kappa shape index (κ2) is 6.64. The van der Waals surface area contributed by atoms with Gasteiger partial charge in [0, 0.05) is 17.0 Å². The number of aryl methyl sites for hydroxylation is 2. The molecule has 0 fully saturated rings. The van der Waals surface area contributed by atoms with Gasteiger partial charge in [-0.1, -0.05) is 0 Å². The lowest BCUT2D eigenvalue weighted by Crippen LogP contribution is -2.40. The van der Waals surface area contributed by atoms with Crippen molar-refractivity contribution < 1.29 is 24.6 Å². The van der Waals surface area contributed by atoms with E-state index < -0.39 is 36.6 Å². The van der Waals surface area contributed by atoms with Gasteiger partial charge in [0.05, 0.1) is 6.42 Å². The average molecular weight is 297 g/mol. The fourth-order valence-electron chi connectivity index (χ4n) is 1.84. The number of H-pyrrole nitrogens is 1. The number of amides is 1. The van der Waals surface area contributed by atoms with Crippen LogP contribution in [0.15, 0.2) is 4.79 Å². The summed E-state index contributed by atoms with van der Waals surface area (Å²) < 4.78 is 0. The van der Waals surface area contributed by atoms with Crippen molar-refractivity contribution in [2.45, 2.75) is 20.3 Å². The number of rotatable bonds is 6. The van der Waals surface area contributed by atoms with Crippen LogP contribution in [-0.2, 0) is 20.8 Å². The van der Waals surface area contributed by atoms with Crippen LogP contribution in [0.25, 0.3) is 0 Å². The zero-order chi connectivity index (χ0) is 16.2. The first-order chi connectivity index (χ1) is 9.70. The molecule has 9 heteroatoms. The van der Waals surface area contributed by atoms with Crippen LogP contribution < -0.4 is 5.69 Å². The third-order valence-electron chi connectivity index (χ3n) is 2.79. The maximum absolute atomic E-state index is 12.1. The van der Waals surface area contributed by atoms with Crippen LogP contribution >= 0.6 is 0 Å². The van der Waals surface area contributed by atoms with Gasteiger partial charge < -0.3 is 20.1 Å². The maximum Gasteiger partial charge on any atom is 0.345 e. The quantitative estimate of drug-likeness (QED) is 0.607. The van der Waals surface area contributed by atoms with E-state index in [1.54, 1.807) is 13.8 Å². The molecular formula is C12H15N3O6. The van der Waals surface area contributed by atoms with E-state index in [9.17, 15) is 19.2 Å². The molecule has 0 spiro atoms. The summed E-state index contributed by atoms with van der Waals surface area (Å²) in [4.78, 5) is 51.4. The molecule has 1 rings (SSSR count). The molecule has 21 heavy (non-hydrogen) atoms. The van der Waals surface area contributed by atoms with Crippen LogP contribution in [0.5, 0.6) is 0 Å². The molecule has 1 aromatic rings. The molecule has 0 saturated carbocycles. The van der Waals surface area contributed by atoms with Crippen molar-refractivity contribution in [2.24, 2.45) is 0 Å². The van der Waals surface area contributed by atoms with Crippen molar-refractivity contribution in [2.75, 3.05) is 13.1 Å². The number of carboxylic acids is 2. The molecule has 1 aromatic heterocycles. The molecule has 0 radical (unpaired) electrons. The zero-order valence-corrected chi connectivity index (χ0v) is 11.5. The Bertz CT molecular complexity index is 594. The van der Waals surface area contributed by atoms with Crippen LogP contribution in [0.4, 0.5) is 0 Å². The number of nitrogens with zero attached hydrogens (tertiary/aromatic N) is 2. The fourth-order valence-corrected chi connectivity index (χ4v) is 1.84. The molecule has 0 aliphatic heterocycles. The molecule has 0 aliphatic carbocycles. The van der Waals surface area contributed by atoms with Crippen molar-refractivity contribution in [1.82, 2.24) is 14.9 Å². The highest BCUT2D eigenvalue weighted by molar-refractivity contribution is 5.86. The molecule has 114 valence electrons. The number of carbonyl (C=O) groups is 3. The Kier molecular flexibility index (Phi) is 5.17. The van der Waals surface area contributed by atoms with Gasteiger partial charge in [-0.2, -0.15) is 4.98 Å². The second-order valence-electron chi connectivity index (χ2n) is 4.44. The van der Waals surface area contributed by atoms with Gasteiger partial charge in [-0.25, -0.2) is 4.79 Å². The van der Waals surface area contributed by atoms with Gasteiger partial charge in [-0.05, 0) is 13.8 Å². The van der Waals surface area contributed by atoms with E-state index in [1.165, 1.54) is 0 Å². The van der Waals surface area contributed by atoms with Crippen LogP contribution in [0.3, 0.4) is 0 Å². The normalized spacial score (nSPS) is 10.2. The minimum Gasteiger partial charge on any atom is -0.480 e. The van der Waals surface area contributed by atoms with Crippen molar-refractivity contribution in [3.8, 4) is 0 Å². The summed E-state index contributed by atoms with van der Waals surface area (Å²) in [5.41, 5.74) is 0.677. The number of aromatic nitrogens is 2. The summed E-state index contributed by atoms with van der Waals surface area (Å²) in [7, 11) is 0. The molecule has 0 aromatic carbocycles. The summed E-state index contributed by atoms with van der Waals surface area (Å²) in [6.07, 6.45) is -0.234. The van der Waals surface area contributed by atoms with Crippen LogP contribution in [0, 0.1) is 13.8 Å². The van der Waals surface area contributed by atoms with Gasteiger partial charge >= 0.3 is 17.6 Å². The van der Waals surface area contributed by atoms with Gasteiger partial charge in [0.15, 0.2) is 0 Å². The zero-order valence-electron chi connectivity index (χ0n) is 11.5. The van der Waals surface area contributed by atoms with Gasteiger partial charge in [-0.15, -0.1) is 0 Å². The van der Waals surface area contributed by atoms with E-state index in [0.29, 0.717) is 21.9 Å². The highest BCUT2D eigenvalue weighted by Gasteiger charge is 2.21. The lowest BCUT2D eigenvalue weighted by Gasteiger charge is -2.19. The number of hydrogen-bond donors (Lipinski definition) is 3. The summed E-state index contributed by atoms with van der Waals surface area (Å²) in [5.74, 6) is -3.28. The molecule has 0 atom stereocenters. The lowest BCUT2D eigenvalue weighted by atomic mass is 10.1. The number of carboxylic acid groups (broad SMARTS) is 2. The molecule has 0 bridgehead atoms. The Labute approximate surface area is 119 Å². The highest BCUT2D eigenvalue weighted by atomic mass is 16.4. The van der Waals surface area contributed by atoms with Gasteiger partial charge in [0.1, 0.15) is 13.1 Å². The topological polar surface area (TPSA) is 141 Å². The Morgan fingerprint density at radius 2 is 1.67 bits per heavy atom. The highest BCUT2D eigenvalue weighted by Crippen LogP contribution is 2.09. The van der Waals surface area contributed by atoms with Crippen LogP contribution in [-0.4, -0.2) is 56.0 Å². The predicted molar refractivity (Wildman–Crippen MR) is 69.9 cm³/mol. The number of nitrogens with one attached hydrogen (secondary N) is 1. The monoisotopic (exact) mass is 297 g/mol. The lowest BCUT2D eigenvalue weighted by molar-refractivity contribution is -0.149. The smallest absolute Gasteiger partial charge is 0.345 e. The molecule has 3 N–H and O–H groups in total. The first-order valence-corrected chi connectivity index (χ1v) is 5.98. The summed E-state index contributed by atoms with van der Waals surface area (Å²) in [5, 5.41) is 17.4. The van der Waals surface area contributed by atoms with Crippen LogP contribution in [0.2, 0.25) is 0 Å². The fraction of sp³-hybridized carbons (Fsp3) is 0.417. The van der Waals surface area contributed by atoms with Gasteiger partial charge in [0.25, 0.3) is 0 Å². The average Bonchev–Trinajstić information content (AvgIpc) is 2.31. The van der Waals surface area contributed by atoms with E-state index in [4.69, 9.17) is 10.2 Å². The largest absolute Gasteiger partial charge is 0.480 e. The summed E-state index contributed by atoms with van der Waals surface area (Å²) >= 11 is 0. The molecule has 9 nitrogen and oxygen atoms in total.